The molecule has 1 aliphatic rings. The number of oxazole rings is 1. The summed E-state index contributed by atoms with van der Waals surface area (Å²) in [6, 6.07) is 7.60. The van der Waals surface area contributed by atoms with E-state index in [-0.39, 0.29) is 11.7 Å². The molecule has 2 aromatic rings. The SMILES string of the molecule is CC1(C)CNCC(COc2nc3ccccc3o2)O1. The smallest absolute Gasteiger partial charge is 0.394 e. The molecule has 2 heterocycles. The zero-order chi connectivity index (χ0) is 13.3. The third kappa shape index (κ3) is 2.88. The normalized spacial score (nSPS) is 22.5. The van der Waals surface area contributed by atoms with Gasteiger partial charge in [0, 0.05) is 13.1 Å². The van der Waals surface area contributed by atoms with Crippen molar-refractivity contribution in [2.75, 3.05) is 19.7 Å². The molecule has 0 saturated carbocycles. The zero-order valence-electron chi connectivity index (χ0n) is 11.2. The Morgan fingerprint density at radius 3 is 3.05 bits per heavy atom. The van der Waals surface area contributed by atoms with Gasteiger partial charge < -0.3 is 19.2 Å². The van der Waals surface area contributed by atoms with E-state index in [4.69, 9.17) is 13.9 Å². The molecule has 1 aromatic heterocycles. The van der Waals surface area contributed by atoms with E-state index in [1.165, 1.54) is 0 Å². The number of rotatable bonds is 3. The Bertz CT molecular complexity index is 532. The van der Waals surface area contributed by atoms with E-state index in [0.29, 0.717) is 12.7 Å². The lowest BCUT2D eigenvalue weighted by atomic mass is 10.1. The van der Waals surface area contributed by atoms with Crippen LogP contribution < -0.4 is 10.1 Å². The number of nitrogens with zero attached hydrogens (tertiary/aromatic N) is 1. The van der Waals surface area contributed by atoms with Gasteiger partial charge in [-0.3, -0.25) is 0 Å². The predicted octanol–water partition coefficient (Wildman–Crippen LogP) is 1.97. The molecule has 0 aliphatic carbocycles. The van der Waals surface area contributed by atoms with Crippen LogP contribution in [0.1, 0.15) is 13.8 Å². The number of ether oxygens (including phenoxy) is 2. The highest BCUT2D eigenvalue weighted by Gasteiger charge is 2.28. The van der Waals surface area contributed by atoms with Crippen LogP contribution >= 0.6 is 0 Å². The number of aromatic nitrogens is 1. The summed E-state index contributed by atoms with van der Waals surface area (Å²) in [6.07, 6.45) is 0.312. The Labute approximate surface area is 111 Å². The van der Waals surface area contributed by atoms with Gasteiger partial charge in [-0.1, -0.05) is 12.1 Å². The third-order valence-electron chi connectivity index (χ3n) is 3.08. The topological polar surface area (TPSA) is 56.5 Å². The maximum Gasteiger partial charge on any atom is 0.394 e. The molecule has 0 bridgehead atoms. The van der Waals surface area contributed by atoms with E-state index in [9.17, 15) is 0 Å². The molecule has 3 rings (SSSR count). The Hall–Kier alpha value is -1.59. The van der Waals surface area contributed by atoms with Crippen molar-refractivity contribution in [3.8, 4) is 6.08 Å². The fourth-order valence-electron chi connectivity index (χ4n) is 2.24. The second kappa shape index (κ2) is 4.83. The van der Waals surface area contributed by atoms with Crippen LogP contribution in [-0.4, -0.2) is 36.4 Å². The first-order valence-electron chi connectivity index (χ1n) is 6.49. The highest BCUT2D eigenvalue weighted by molar-refractivity contribution is 5.72. The lowest BCUT2D eigenvalue weighted by Crippen LogP contribution is -2.52. The van der Waals surface area contributed by atoms with Crippen molar-refractivity contribution in [2.24, 2.45) is 0 Å². The Morgan fingerprint density at radius 2 is 2.26 bits per heavy atom. The molecule has 5 heteroatoms. The quantitative estimate of drug-likeness (QED) is 0.916. The summed E-state index contributed by atoms with van der Waals surface area (Å²) >= 11 is 0. The molecule has 1 unspecified atom stereocenters. The van der Waals surface area contributed by atoms with Crippen LogP contribution in [0.15, 0.2) is 28.7 Å². The largest absolute Gasteiger partial charge is 0.447 e. The average molecular weight is 262 g/mol. The molecule has 0 spiro atoms. The van der Waals surface area contributed by atoms with E-state index in [0.717, 1.165) is 24.2 Å². The Kier molecular flexibility index (Phi) is 3.16. The number of hydrogen-bond acceptors (Lipinski definition) is 5. The molecule has 1 atom stereocenters. The molecule has 1 saturated heterocycles. The van der Waals surface area contributed by atoms with Crippen molar-refractivity contribution in [3.05, 3.63) is 24.3 Å². The van der Waals surface area contributed by atoms with Gasteiger partial charge >= 0.3 is 6.08 Å². The minimum absolute atomic E-state index is 0.0127. The zero-order valence-corrected chi connectivity index (χ0v) is 11.2. The first kappa shape index (κ1) is 12.4. The van der Waals surface area contributed by atoms with Crippen molar-refractivity contribution in [3.63, 3.8) is 0 Å². The number of para-hydroxylation sites is 2. The number of hydrogen-bond donors (Lipinski definition) is 1. The fourth-order valence-corrected chi connectivity index (χ4v) is 2.24. The fraction of sp³-hybridized carbons (Fsp3) is 0.500. The number of morpholine rings is 1. The van der Waals surface area contributed by atoms with Gasteiger partial charge in [0.2, 0.25) is 0 Å². The first-order valence-corrected chi connectivity index (χ1v) is 6.49. The second-order valence-corrected chi connectivity index (χ2v) is 5.39. The number of benzene rings is 1. The maximum absolute atomic E-state index is 5.91. The highest BCUT2D eigenvalue weighted by atomic mass is 16.6. The molecular weight excluding hydrogens is 244 g/mol. The summed E-state index contributed by atoms with van der Waals surface area (Å²) < 4.78 is 17.0. The van der Waals surface area contributed by atoms with Crippen LogP contribution in [-0.2, 0) is 4.74 Å². The molecule has 0 radical (unpaired) electrons. The van der Waals surface area contributed by atoms with E-state index < -0.39 is 0 Å². The maximum atomic E-state index is 5.91. The average Bonchev–Trinajstić information content (AvgIpc) is 2.78. The van der Waals surface area contributed by atoms with Gasteiger partial charge in [0.05, 0.1) is 5.60 Å². The molecule has 19 heavy (non-hydrogen) atoms. The van der Waals surface area contributed by atoms with Crippen molar-refractivity contribution in [2.45, 2.75) is 25.6 Å². The Morgan fingerprint density at radius 1 is 1.42 bits per heavy atom. The van der Waals surface area contributed by atoms with Gasteiger partial charge in [-0.15, -0.1) is 0 Å². The van der Waals surface area contributed by atoms with Gasteiger partial charge in [0.1, 0.15) is 18.2 Å². The van der Waals surface area contributed by atoms with Crippen molar-refractivity contribution >= 4 is 11.1 Å². The predicted molar refractivity (Wildman–Crippen MR) is 71.3 cm³/mol. The molecule has 1 N–H and O–H groups in total. The summed E-state index contributed by atoms with van der Waals surface area (Å²) in [5.41, 5.74) is 1.38. The van der Waals surface area contributed by atoms with Gasteiger partial charge in [0.25, 0.3) is 0 Å². The number of fused-ring (bicyclic) bond motifs is 1. The minimum Gasteiger partial charge on any atom is -0.447 e. The van der Waals surface area contributed by atoms with E-state index in [1.54, 1.807) is 0 Å². The minimum atomic E-state index is -0.159. The molecule has 1 fully saturated rings. The highest BCUT2D eigenvalue weighted by Crippen LogP contribution is 2.21. The van der Waals surface area contributed by atoms with Crippen LogP contribution in [0.5, 0.6) is 6.08 Å². The van der Waals surface area contributed by atoms with Gasteiger partial charge in [-0.2, -0.15) is 4.98 Å². The van der Waals surface area contributed by atoms with Crippen molar-refractivity contribution in [1.29, 1.82) is 0 Å². The molecular formula is C14H18N2O3. The lowest BCUT2D eigenvalue weighted by molar-refractivity contribution is -0.109. The summed E-state index contributed by atoms with van der Waals surface area (Å²) in [7, 11) is 0. The van der Waals surface area contributed by atoms with E-state index in [1.807, 2.05) is 24.3 Å². The standard InChI is InChI=1S/C14H18N2O3/c1-14(2)9-15-7-10(19-14)8-17-13-16-11-5-3-4-6-12(11)18-13/h3-6,10,15H,7-9H2,1-2H3. The monoisotopic (exact) mass is 262 g/mol. The van der Waals surface area contributed by atoms with Crippen LogP contribution in [0.2, 0.25) is 0 Å². The van der Waals surface area contributed by atoms with Gasteiger partial charge in [-0.05, 0) is 26.0 Å². The first-order chi connectivity index (χ1) is 9.12. The second-order valence-electron chi connectivity index (χ2n) is 5.39. The van der Waals surface area contributed by atoms with Gasteiger partial charge in [-0.25, -0.2) is 0 Å². The lowest BCUT2D eigenvalue weighted by Gasteiger charge is -2.36. The van der Waals surface area contributed by atoms with Crippen LogP contribution in [0, 0.1) is 0 Å². The summed E-state index contributed by atoms with van der Waals surface area (Å²) in [4.78, 5) is 4.27. The van der Waals surface area contributed by atoms with Crippen LogP contribution in [0.25, 0.3) is 11.1 Å². The molecule has 5 nitrogen and oxygen atoms in total. The molecule has 0 amide bonds. The van der Waals surface area contributed by atoms with Gasteiger partial charge in [0.15, 0.2) is 5.58 Å². The van der Waals surface area contributed by atoms with Crippen molar-refractivity contribution < 1.29 is 13.9 Å². The Balaban J connectivity index is 1.62. The summed E-state index contributed by atoms with van der Waals surface area (Å²) in [5, 5.41) is 3.33. The summed E-state index contributed by atoms with van der Waals surface area (Å²) in [5.74, 6) is 0. The van der Waals surface area contributed by atoms with Crippen molar-refractivity contribution in [1.82, 2.24) is 10.3 Å². The van der Waals surface area contributed by atoms with E-state index in [2.05, 4.69) is 24.1 Å². The number of nitrogens with one attached hydrogen (secondary N) is 1. The molecule has 1 aliphatic heterocycles. The summed E-state index contributed by atoms with van der Waals surface area (Å²) in [6.45, 7) is 6.19. The third-order valence-corrected chi connectivity index (χ3v) is 3.08. The van der Waals surface area contributed by atoms with Crippen LogP contribution in [0.4, 0.5) is 0 Å². The molecule has 102 valence electrons. The molecule has 1 aromatic carbocycles. The van der Waals surface area contributed by atoms with E-state index >= 15 is 0 Å². The van der Waals surface area contributed by atoms with Crippen LogP contribution in [0.3, 0.4) is 0 Å².